The highest BCUT2D eigenvalue weighted by Crippen LogP contribution is 2.29. The summed E-state index contributed by atoms with van der Waals surface area (Å²) in [6, 6.07) is 5.99. The van der Waals surface area contributed by atoms with Gasteiger partial charge in [-0.2, -0.15) is 4.98 Å². The first-order chi connectivity index (χ1) is 9.63. The number of benzene rings is 1. The summed E-state index contributed by atoms with van der Waals surface area (Å²) in [7, 11) is 1.57. The van der Waals surface area contributed by atoms with Crippen molar-refractivity contribution < 1.29 is 4.74 Å². The first kappa shape index (κ1) is 13.3. The van der Waals surface area contributed by atoms with Crippen molar-refractivity contribution in [1.29, 1.82) is 0 Å². The van der Waals surface area contributed by atoms with Gasteiger partial charge in [-0.05, 0) is 46.7 Å². The highest BCUT2D eigenvalue weighted by atomic mass is 79.9. The average Bonchev–Trinajstić information content (AvgIpc) is 2.78. The molecule has 0 radical (unpaired) electrons. The van der Waals surface area contributed by atoms with E-state index in [0.29, 0.717) is 21.8 Å². The number of methoxy groups -OCH3 is 1. The van der Waals surface area contributed by atoms with Crippen molar-refractivity contribution in [3.63, 3.8) is 0 Å². The molecule has 3 aromatic rings. The molecule has 3 rings (SSSR count). The Bertz CT molecular complexity index is 855. The molecule has 20 heavy (non-hydrogen) atoms. The van der Waals surface area contributed by atoms with Crippen LogP contribution in [0.25, 0.3) is 16.9 Å². The smallest absolute Gasteiger partial charge is 0.242 e. The highest BCUT2D eigenvalue weighted by Gasteiger charge is 2.15. The van der Waals surface area contributed by atoms with Gasteiger partial charge in [-0.3, -0.25) is 4.57 Å². The van der Waals surface area contributed by atoms with Gasteiger partial charge in [0.05, 0.1) is 12.8 Å². The zero-order chi connectivity index (χ0) is 14.3. The van der Waals surface area contributed by atoms with E-state index in [0.717, 1.165) is 15.7 Å². The number of ether oxygens (including phenoxy) is 1. The number of halogens is 1. The van der Waals surface area contributed by atoms with E-state index in [1.807, 2.05) is 29.7 Å². The Morgan fingerprint density at radius 3 is 2.90 bits per heavy atom. The summed E-state index contributed by atoms with van der Waals surface area (Å²) in [5, 5.41) is 0. The van der Waals surface area contributed by atoms with E-state index >= 15 is 0 Å². The van der Waals surface area contributed by atoms with Crippen molar-refractivity contribution >= 4 is 39.3 Å². The van der Waals surface area contributed by atoms with Gasteiger partial charge in [0.2, 0.25) is 5.88 Å². The molecule has 0 aliphatic carbocycles. The van der Waals surface area contributed by atoms with Gasteiger partial charge in [-0.15, -0.1) is 0 Å². The van der Waals surface area contributed by atoms with Crippen LogP contribution >= 0.6 is 28.1 Å². The molecule has 0 spiro atoms. The fourth-order valence-electron chi connectivity index (χ4n) is 2.08. The van der Waals surface area contributed by atoms with Crippen LogP contribution in [-0.2, 0) is 0 Å². The highest BCUT2D eigenvalue weighted by molar-refractivity contribution is 9.10. The second-order valence-electron chi connectivity index (χ2n) is 4.26. The van der Waals surface area contributed by atoms with Crippen molar-refractivity contribution in [2.45, 2.75) is 6.92 Å². The molecule has 1 aromatic carbocycles. The lowest BCUT2D eigenvalue weighted by molar-refractivity contribution is 0.401. The third kappa shape index (κ3) is 1.94. The number of nitrogens with zero attached hydrogens (tertiary/aromatic N) is 3. The second kappa shape index (κ2) is 4.99. The number of rotatable bonds is 2. The van der Waals surface area contributed by atoms with E-state index in [4.69, 9.17) is 17.0 Å². The van der Waals surface area contributed by atoms with Crippen LogP contribution in [0.15, 0.2) is 29.0 Å². The minimum Gasteiger partial charge on any atom is -0.479 e. The zero-order valence-electron chi connectivity index (χ0n) is 10.8. The second-order valence-corrected chi connectivity index (χ2v) is 5.43. The number of aromatic nitrogens is 4. The van der Waals surface area contributed by atoms with E-state index in [2.05, 4.69) is 30.9 Å². The van der Waals surface area contributed by atoms with Crippen LogP contribution in [0.2, 0.25) is 0 Å². The van der Waals surface area contributed by atoms with E-state index in [-0.39, 0.29) is 0 Å². The maximum atomic E-state index is 5.41. The van der Waals surface area contributed by atoms with Gasteiger partial charge in [-0.25, -0.2) is 4.98 Å². The fraction of sp³-hybridized carbons (Fsp3) is 0.154. The van der Waals surface area contributed by atoms with E-state index in [1.165, 1.54) is 6.33 Å². The molecule has 2 heterocycles. The summed E-state index contributed by atoms with van der Waals surface area (Å²) in [6.07, 6.45) is 1.46. The Hall–Kier alpha value is -1.73. The van der Waals surface area contributed by atoms with Crippen molar-refractivity contribution in [3.05, 3.63) is 39.3 Å². The monoisotopic (exact) mass is 350 g/mol. The molecule has 7 heteroatoms. The maximum absolute atomic E-state index is 5.41. The fourth-order valence-corrected chi connectivity index (χ4v) is 2.81. The molecule has 0 fully saturated rings. The van der Waals surface area contributed by atoms with E-state index in [9.17, 15) is 0 Å². The predicted molar refractivity (Wildman–Crippen MR) is 83.0 cm³/mol. The summed E-state index contributed by atoms with van der Waals surface area (Å²) in [5.74, 6) is 0.476. The number of hydrogen-bond donors (Lipinski definition) is 1. The predicted octanol–water partition coefficient (Wildman–Crippen LogP) is 3.56. The number of aryl methyl sites for hydroxylation is 1. The van der Waals surface area contributed by atoms with Crippen LogP contribution in [0, 0.1) is 11.7 Å². The molecule has 102 valence electrons. The molecule has 0 bridgehead atoms. The maximum Gasteiger partial charge on any atom is 0.242 e. The number of hydrogen-bond acceptors (Lipinski definition) is 4. The quantitative estimate of drug-likeness (QED) is 0.718. The molecular formula is C13H11BrN4OS. The molecule has 0 aliphatic heterocycles. The molecule has 0 saturated carbocycles. The third-order valence-electron chi connectivity index (χ3n) is 3.04. The van der Waals surface area contributed by atoms with Gasteiger partial charge in [0.25, 0.3) is 0 Å². The van der Waals surface area contributed by atoms with Crippen molar-refractivity contribution in [2.75, 3.05) is 7.11 Å². The normalized spacial score (nSPS) is 10.9. The number of aromatic amines is 1. The molecule has 5 nitrogen and oxygen atoms in total. The largest absolute Gasteiger partial charge is 0.479 e. The Balaban J connectivity index is 2.40. The minimum atomic E-state index is 0.476. The van der Waals surface area contributed by atoms with Gasteiger partial charge in [0.15, 0.2) is 10.4 Å². The van der Waals surface area contributed by atoms with Crippen LogP contribution in [-0.4, -0.2) is 26.6 Å². The van der Waals surface area contributed by atoms with Crippen molar-refractivity contribution in [2.24, 2.45) is 0 Å². The van der Waals surface area contributed by atoms with Gasteiger partial charge in [0.1, 0.15) is 11.8 Å². The lowest BCUT2D eigenvalue weighted by Gasteiger charge is -2.08. The summed E-state index contributed by atoms with van der Waals surface area (Å²) in [4.78, 5) is 11.5. The van der Waals surface area contributed by atoms with Crippen LogP contribution in [0.4, 0.5) is 0 Å². The first-order valence-corrected chi connectivity index (χ1v) is 7.09. The third-order valence-corrected chi connectivity index (χ3v) is 4.36. The molecule has 0 atom stereocenters. The number of H-pyrrole nitrogens is 1. The Morgan fingerprint density at radius 2 is 2.15 bits per heavy atom. The lowest BCUT2D eigenvalue weighted by atomic mass is 10.2. The molecule has 0 unspecified atom stereocenters. The van der Waals surface area contributed by atoms with Gasteiger partial charge >= 0.3 is 0 Å². The van der Waals surface area contributed by atoms with Crippen molar-refractivity contribution in [1.82, 2.24) is 19.5 Å². The average molecular weight is 351 g/mol. The van der Waals surface area contributed by atoms with Crippen LogP contribution in [0.1, 0.15) is 5.56 Å². The zero-order valence-corrected chi connectivity index (χ0v) is 13.2. The molecule has 1 N–H and O–H groups in total. The Labute approximate surface area is 128 Å². The van der Waals surface area contributed by atoms with Gasteiger partial charge < -0.3 is 9.72 Å². The van der Waals surface area contributed by atoms with Crippen molar-refractivity contribution in [3.8, 4) is 11.6 Å². The van der Waals surface area contributed by atoms with Crippen LogP contribution < -0.4 is 4.74 Å². The Morgan fingerprint density at radius 1 is 1.35 bits per heavy atom. The topological polar surface area (TPSA) is 55.7 Å². The number of imidazole rings is 1. The Kier molecular flexibility index (Phi) is 3.31. The molecule has 2 aromatic heterocycles. The number of fused-ring (bicyclic) bond motifs is 1. The molecule has 0 aliphatic rings. The summed E-state index contributed by atoms with van der Waals surface area (Å²) < 4.78 is 8.63. The molecule has 0 saturated heterocycles. The summed E-state index contributed by atoms with van der Waals surface area (Å²) in [5.41, 5.74) is 3.43. The SMILES string of the molecule is COc1ncnc2c1[nH]c(=S)n2-c1cccc(C)c1Br. The van der Waals surface area contributed by atoms with Gasteiger partial charge in [0, 0.05) is 4.47 Å². The summed E-state index contributed by atoms with van der Waals surface area (Å²) >= 11 is 9.01. The molecule has 0 amide bonds. The molecular weight excluding hydrogens is 340 g/mol. The van der Waals surface area contributed by atoms with Crippen LogP contribution in [0.5, 0.6) is 5.88 Å². The standard InChI is InChI=1S/C13H11BrN4OS/c1-7-4-3-5-8(9(7)14)18-11-10(17-13(18)20)12(19-2)16-6-15-11/h3-6H,1-2H3,(H,17,20). The number of nitrogens with one attached hydrogen (secondary N) is 1. The van der Waals surface area contributed by atoms with Gasteiger partial charge in [-0.1, -0.05) is 12.1 Å². The summed E-state index contributed by atoms with van der Waals surface area (Å²) in [6.45, 7) is 2.03. The minimum absolute atomic E-state index is 0.476. The van der Waals surface area contributed by atoms with Crippen LogP contribution in [0.3, 0.4) is 0 Å². The van der Waals surface area contributed by atoms with E-state index < -0.39 is 0 Å². The van der Waals surface area contributed by atoms with E-state index in [1.54, 1.807) is 7.11 Å². The lowest BCUT2D eigenvalue weighted by Crippen LogP contribution is -1.98. The first-order valence-electron chi connectivity index (χ1n) is 5.88.